The molecule has 51 heavy (non-hydrogen) atoms. The minimum atomic E-state index is -0.299. The van der Waals surface area contributed by atoms with Gasteiger partial charge in [0.15, 0.2) is 0 Å². The highest BCUT2D eigenvalue weighted by Crippen LogP contribution is 2.41. The van der Waals surface area contributed by atoms with Gasteiger partial charge in [0.05, 0.1) is 11.0 Å². The number of anilines is 1. The van der Waals surface area contributed by atoms with Gasteiger partial charge in [-0.15, -0.1) is 0 Å². The highest BCUT2D eigenvalue weighted by Gasteiger charge is 2.17. The molecule has 1 aromatic heterocycles. The molecule has 0 aliphatic carbocycles. The fourth-order valence-electron chi connectivity index (χ4n) is 7.62. The topological polar surface area (TPSA) is 30.9 Å². The van der Waals surface area contributed by atoms with Gasteiger partial charge in [-0.05, 0) is 80.2 Å². The molecule has 0 atom stereocenters. The van der Waals surface area contributed by atoms with Gasteiger partial charge in [0.2, 0.25) is 0 Å². The third-order valence-electron chi connectivity index (χ3n) is 9.91. The number of aromatic nitrogens is 1. The Morgan fingerprint density at radius 3 is 1.16 bits per heavy atom. The summed E-state index contributed by atoms with van der Waals surface area (Å²) < 4.78 is 19.1. The Labute approximate surface area is 295 Å². The number of nitrogens with two attached hydrogens (primary N) is 1. The predicted molar refractivity (Wildman–Crippen MR) is 214 cm³/mol. The third-order valence-corrected chi connectivity index (χ3v) is 9.91. The first-order valence-corrected chi connectivity index (χ1v) is 17.2. The second-order valence-corrected chi connectivity index (χ2v) is 12.8. The SMILES string of the molecule is Nc1ccccc1-c1ccccc1-c1ccccc1-c1ccc(-n2c3ccccc3c3ccccc3c3ccccc3c3ccccc32)cc1F. The van der Waals surface area contributed by atoms with Gasteiger partial charge in [0.25, 0.3) is 0 Å². The summed E-state index contributed by atoms with van der Waals surface area (Å²) in [4.78, 5) is 0. The lowest BCUT2D eigenvalue weighted by molar-refractivity contribution is 0.630. The number of fused-ring (bicyclic) bond motifs is 7. The molecule has 242 valence electrons. The van der Waals surface area contributed by atoms with Crippen LogP contribution in [0.15, 0.2) is 188 Å². The Balaban J connectivity index is 1.33. The molecule has 0 amide bonds. The van der Waals surface area contributed by atoms with Crippen molar-refractivity contribution in [2.45, 2.75) is 0 Å². The van der Waals surface area contributed by atoms with Crippen molar-refractivity contribution in [3.63, 3.8) is 0 Å². The van der Waals surface area contributed by atoms with Crippen LogP contribution in [0.25, 0.3) is 82.4 Å². The second kappa shape index (κ2) is 12.6. The molecule has 0 fully saturated rings. The molecule has 0 saturated carbocycles. The van der Waals surface area contributed by atoms with Crippen molar-refractivity contribution in [1.82, 2.24) is 4.57 Å². The molecular formula is C48H33FN2. The molecular weight excluding hydrogens is 624 g/mol. The van der Waals surface area contributed by atoms with Crippen molar-refractivity contribution in [2.24, 2.45) is 0 Å². The first-order chi connectivity index (χ1) is 25.2. The average Bonchev–Trinajstić information content (AvgIpc) is 3.23. The van der Waals surface area contributed by atoms with Crippen LogP contribution in [-0.4, -0.2) is 4.57 Å². The molecule has 0 aliphatic heterocycles. The monoisotopic (exact) mass is 656 g/mol. The number of benzene rings is 8. The Morgan fingerprint density at radius 2 is 0.686 bits per heavy atom. The summed E-state index contributed by atoms with van der Waals surface area (Å²) in [5.74, 6) is -0.299. The fraction of sp³-hybridized carbons (Fsp3) is 0. The van der Waals surface area contributed by atoms with E-state index < -0.39 is 0 Å². The van der Waals surface area contributed by atoms with Crippen LogP contribution in [0, 0.1) is 5.82 Å². The molecule has 8 aromatic carbocycles. The van der Waals surface area contributed by atoms with Gasteiger partial charge in [0.1, 0.15) is 5.82 Å². The molecule has 0 saturated heterocycles. The zero-order chi connectivity index (χ0) is 34.3. The van der Waals surface area contributed by atoms with Crippen LogP contribution in [0.4, 0.5) is 10.1 Å². The van der Waals surface area contributed by atoms with E-state index in [0.29, 0.717) is 11.3 Å². The lowest BCUT2D eigenvalue weighted by Gasteiger charge is -2.17. The highest BCUT2D eigenvalue weighted by molar-refractivity contribution is 6.19. The standard InChI is InChI=1S/C48H33FN2/c49-45-31-32(29-30-41(45)37-19-5-1-15-33(37)34-16-2-6-20-38(34)42-23-9-12-26-46(42)50)51-47-27-13-10-24-43(47)39-21-7-3-17-35(39)36-18-4-8-22-40(36)44-25-11-14-28-48(44)51/h1-31H,50H2. The molecule has 3 heteroatoms. The molecule has 2 nitrogen and oxygen atoms in total. The van der Waals surface area contributed by atoms with E-state index in [2.05, 4.69) is 120 Å². The zero-order valence-electron chi connectivity index (χ0n) is 27.8. The molecule has 0 radical (unpaired) electrons. The van der Waals surface area contributed by atoms with Crippen molar-refractivity contribution in [1.29, 1.82) is 0 Å². The molecule has 2 N–H and O–H groups in total. The summed E-state index contributed by atoms with van der Waals surface area (Å²) in [6.07, 6.45) is 0. The van der Waals surface area contributed by atoms with Gasteiger partial charge >= 0.3 is 0 Å². The predicted octanol–water partition coefficient (Wildman–Crippen LogP) is 12.9. The lowest BCUT2D eigenvalue weighted by Crippen LogP contribution is -2.00. The van der Waals surface area contributed by atoms with Crippen LogP contribution in [0.2, 0.25) is 0 Å². The number of para-hydroxylation sites is 3. The minimum Gasteiger partial charge on any atom is -0.398 e. The average molecular weight is 657 g/mol. The molecule has 0 spiro atoms. The van der Waals surface area contributed by atoms with Gasteiger partial charge in [-0.3, -0.25) is 0 Å². The first kappa shape index (κ1) is 30.4. The summed E-state index contributed by atoms with van der Waals surface area (Å²) in [5, 5.41) is 6.72. The Morgan fingerprint density at radius 1 is 0.333 bits per heavy atom. The summed E-state index contributed by atoms with van der Waals surface area (Å²) >= 11 is 0. The number of nitrogen functional groups attached to an aromatic ring is 1. The number of hydrogen-bond donors (Lipinski definition) is 1. The highest BCUT2D eigenvalue weighted by atomic mass is 19.1. The van der Waals surface area contributed by atoms with E-state index in [1.165, 1.54) is 0 Å². The van der Waals surface area contributed by atoms with Crippen LogP contribution in [0.5, 0.6) is 0 Å². The maximum absolute atomic E-state index is 16.9. The van der Waals surface area contributed by atoms with Gasteiger partial charge in [0, 0.05) is 33.3 Å². The molecule has 0 bridgehead atoms. The van der Waals surface area contributed by atoms with Crippen molar-refractivity contribution < 1.29 is 4.39 Å². The first-order valence-electron chi connectivity index (χ1n) is 17.2. The smallest absolute Gasteiger partial charge is 0.133 e. The van der Waals surface area contributed by atoms with Gasteiger partial charge < -0.3 is 10.3 Å². The Kier molecular flexibility index (Phi) is 7.52. The zero-order valence-corrected chi connectivity index (χ0v) is 27.8. The van der Waals surface area contributed by atoms with E-state index in [1.54, 1.807) is 6.07 Å². The molecule has 9 aromatic rings. The molecule has 0 aliphatic rings. The summed E-state index contributed by atoms with van der Waals surface area (Å²) in [6, 6.07) is 63.7. The van der Waals surface area contributed by atoms with Crippen LogP contribution in [0.1, 0.15) is 0 Å². The van der Waals surface area contributed by atoms with Crippen LogP contribution in [-0.2, 0) is 0 Å². The normalized spacial score (nSPS) is 11.3. The van der Waals surface area contributed by atoms with Crippen molar-refractivity contribution in [2.75, 3.05) is 5.73 Å². The number of halogens is 1. The van der Waals surface area contributed by atoms with E-state index in [9.17, 15) is 0 Å². The third kappa shape index (κ3) is 5.19. The van der Waals surface area contributed by atoms with Crippen LogP contribution < -0.4 is 5.73 Å². The summed E-state index contributed by atoms with van der Waals surface area (Å²) in [6.45, 7) is 0. The van der Waals surface area contributed by atoms with E-state index in [1.807, 2.05) is 66.7 Å². The quantitative estimate of drug-likeness (QED) is 0.188. The van der Waals surface area contributed by atoms with Crippen molar-refractivity contribution in [3.05, 3.63) is 194 Å². The Hall–Kier alpha value is -6.71. The number of nitrogens with zero attached hydrogens (tertiary/aromatic N) is 1. The van der Waals surface area contributed by atoms with Gasteiger partial charge in [-0.1, -0.05) is 152 Å². The fourth-order valence-corrected chi connectivity index (χ4v) is 7.62. The van der Waals surface area contributed by atoms with E-state index in [0.717, 1.165) is 76.9 Å². The second-order valence-electron chi connectivity index (χ2n) is 12.8. The molecule has 9 rings (SSSR count). The van der Waals surface area contributed by atoms with E-state index in [4.69, 9.17) is 5.73 Å². The van der Waals surface area contributed by atoms with Crippen molar-refractivity contribution in [3.8, 4) is 39.1 Å². The van der Waals surface area contributed by atoms with Crippen molar-refractivity contribution >= 4 is 49.0 Å². The molecule has 1 heterocycles. The maximum Gasteiger partial charge on any atom is 0.133 e. The number of hydrogen-bond acceptors (Lipinski definition) is 1. The summed E-state index contributed by atoms with van der Waals surface area (Å²) in [7, 11) is 0. The van der Waals surface area contributed by atoms with E-state index in [-0.39, 0.29) is 5.82 Å². The van der Waals surface area contributed by atoms with Gasteiger partial charge in [-0.25, -0.2) is 4.39 Å². The molecule has 0 unspecified atom stereocenters. The summed E-state index contributed by atoms with van der Waals surface area (Å²) in [5.41, 5.74) is 15.1. The van der Waals surface area contributed by atoms with Crippen LogP contribution >= 0.6 is 0 Å². The van der Waals surface area contributed by atoms with Crippen LogP contribution in [0.3, 0.4) is 0 Å². The largest absolute Gasteiger partial charge is 0.398 e. The van der Waals surface area contributed by atoms with Gasteiger partial charge in [-0.2, -0.15) is 0 Å². The maximum atomic E-state index is 16.9. The Bertz CT molecular complexity index is 2740. The number of rotatable bonds is 4. The minimum absolute atomic E-state index is 0.299. The van der Waals surface area contributed by atoms with E-state index >= 15 is 4.39 Å². The lowest BCUT2D eigenvalue weighted by atomic mass is 9.89.